The number of likely N-dealkylation sites (N-methyl/N-ethyl adjacent to an activating group) is 1. The smallest absolute Gasteiger partial charge is 0.339 e. The fraction of sp³-hybridized carbons (Fsp3) is 0.200. The van der Waals surface area contributed by atoms with E-state index in [0.29, 0.717) is 41.5 Å². The summed E-state index contributed by atoms with van der Waals surface area (Å²) in [6.07, 6.45) is 0.184. The molecular formula is C25H22ClNO4. The number of carbonyl (C=O) groups excluding carboxylic acids is 2. The van der Waals surface area contributed by atoms with Gasteiger partial charge < -0.3 is 14.4 Å². The van der Waals surface area contributed by atoms with Crippen molar-refractivity contribution in [2.45, 2.75) is 12.5 Å². The normalized spacial score (nSPS) is 15.0. The van der Waals surface area contributed by atoms with Gasteiger partial charge in [-0.2, -0.15) is 0 Å². The maximum atomic E-state index is 12.9. The molecule has 0 fully saturated rings. The molecule has 1 heterocycles. The van der Waals surface area contributed by atoms with Gasteiger partial charge in [0.15, 0.2) is 0 Å². The number of hydrogen-bond donors (Lipinski definition) is 0. The number of carbonyl (C=O) groups is 2. The summed E-state index contributed by atoms with van der Waals surface area (Å²) in [5.41, 5.74) is 2.80. The number of hydrogen-bond acceptors (Lipinski definition) is 4. The number of rotatable bonds is 6. The zero-order chi connectivity index (χ0) is 21.8. The fourth-order valence-corrected chi connectivity index (χ4v) is 3.74. The first-order valence-corrected chi connectivity index (χ1v) is 10.4. The first-order chi connectivity index (χ1) is 15.0. The summed E-state index contributed by atoms with van der Waals surface area (Å²) in [7, 11) is 1.73. The minimum Gasteiger partial charge on any atom is -0.492 e. The molecule has 0 radical (unpaired) electrons. The number of cyclic esters (lactones) is 1. The van der Waals surface area contributed by atoms with Crippen LogP contribution >= 0.6 is 11.6 Å². The van der Waals surface area contributed by atoms with Gasteiger partial charge in [0.1, 0.15) is 18.5 Å². The van der Waals surface area contributed by atoms with Gasteiger partial charge in [0.25, 0.3) is 5.91 Å². The van der Waals surface area contributed by atoms with Crippen molar-refractivity contribution < 1.29 is 19.1 Å². The lowest BCUT2D eigenvalue weighted by atomic mass is 9.93. The van der Waals surface area contributed by atoms with Gasteiger partial charge in [-0.05, 0) is 47.5 Å². The largest absolute Gasteiger partial charge is 0.492 e. The minimum atomic E-state index is -0.364. The van der Waals surface area contributed by atoms with Gasteiger partial charge in [-0.3, -0.25) is 4.79 Å². The fourth-order valence-electron chi connectivity index (χ4n) is 3.56. The molecule has 1 atom stereocenters. The van der Waals surface area contributed by atoms with Gasteiger partial charge in [0.2, 0.25) is 0 Å². The number of fused-ring (bicyclic) bond motifs is 1. The summed E-state index contributed by atoms with van der Waals surface area (Å²) in [6, 6.07) is 21.9. The molecule has 1 amide bonds. The van der Waals surface area contributed by atoms with Crippen LogP contribution in [-0.4, -0.2) is 37.0 Å². The first-order valence-electron chi connectivity index (χ1n) is 10.0. The molecule has 3 aromatic carbocycles. The van der Waals surface area contributed by atoms with E-state index in [9.17, 15) is 9.59 Å². The van der Waals surface area contributed by atoms with Crippen LogP contribution in [0.5, 0.6) is 5.75 Å². The number of ether oxygens (including phenoxy) is 2. The Hall–Kier alpha value is -3.31. The van der Waals surface area contributed by atoms with Crippen LogP contribution in [0.4, 0.5) is 0 Å². The Labute approximate surface area is 186 Å². The van der Waals surface area contributed by atoms with E-state index < -0.39 is 0 Å². The second-order valence-electron chi connectivity index (χ2n) is 7.41. The predicted molar refractivity (Wildman–Crippen MR) is 119 cm³/mol. The zero-order valence-corrected chi connectivity index (χ0v) is 17.8. The standard InChI is InChI=1S/C25H22ClNO4/c1-27(12-13-30-21-9-5-8-20(26)16-21)24(28)18-10-11-22-19(14-18)15-23(31-25(22)29)17-6-3-2-4-7-17/h2-11,14,16,23H,12-13,15H2,1H3. The number of esters is 1. The third kappa shape index (κ3) is 4.89. The Morgan fingerprint density at radius 1 is 1.10 bits per heavy atom. The third-order valence-corrected chi connectivity index (χ3v) is 5.47. The van der Waals surface area contributed by atoms with Crippen molar-refractivity contribution in [2.75, 3.05) is 20.2 Å². The molecule has 0 aliphatic carbocycles. The van der Waals surface area contributed by atoms with Gasteiger partial charge in [0, 0.05) is 24.1 Å². The van der Waals surface area contributed by atoms with Crippen molar-refractivity contribution in [1.82, 2.24) is 4.90 Å². The average molecular weight is 436 g/mol. The molecule has 0 aromatic heterocycles. The number of nitrogens with zero attached hydrogens (tertiary/aromatic N) is 1. The van der Waals surface area contributed by atoms with Crippen LogP contribution in [0.2, 0.25) is 5.02 Å². The third-order valence-electron chi connectivity index (χ3n) is 5.24. The second kappa shape index (κ2) is 9.23. The monoisotopic (exact) mass is 435 g/mol. The molecular weight excluding hydrogens is 414 g/mol. The van der Waals surface area contributed by atoms with Gasteiger partial charge in [-0.1, -0.05) is 48.0 Å². The van der Waals surface area contributed by atoms with E-state index in [0.717, 1.165) is 11.1 Å². The van der Waals surface area contributed by atoms with Crippen molar-refractivity contribution >= 4 is 23.5 Å². The average Bonchev–Trinajstić information content (AvgIpc) is 2.78. The lowest BCUT2D eigenvalue weighted by Crippen LogP contribution is -2.31. The second-order valence-corrected chi connectivity index (χ2v) is 7.85. The highest BCUT2D eigenvalue weighted by atomic mass is 35.5. The van der Waals surface area contributed by atoms with Crippen molar-refractivity contribution in [1.29, 1.82) is 0 Å². The quantitative estimate of drug-likeness (QED) is 0.514. The Morgan fingerprint density at radius 2 is 1.90 bits per heavy atom. The van der Waals surface area contributed by atoms with Gasteiger partial charge in [-0.15, -0.1) is 0 Å². The SMILES string of the molecule is CN(CCOc1cccc(Cl)c1)C(=O)c1ccc2c(c1)CC(c1ccccc1)OC2=O. The molecule has 1 aliphatic rings. The molecule has 0 saturated heterocycles. The zero-order valence-electron chi connectivity index (χ0n) is 17.1. The molecule has 4 rings (SSSR count). The Morgan fingerprint density at radius 3 is 2.68 bits per heavy atom. The Balaban J connectivity index is 1.43. The van der Waals surface area contributed by atoms with Crippen molar-refractivity contribution in [3.63, 3.8) is 0 Å². The maximum Gasteiger partial charge on any atom is 0.339 e. The first kappa shape index (κ1) is 20.9. The van der Waals surface area contributed by atoms with Crippen molar-refractivity contribution in [2.24, 2.45) is 0 Å². The van der Waals surface area contributed by atoms with Crippen LogP contribution in [0.25, 0.3) is 0 Å². The summed E-state index contributed by atoms with van der Waals surface area (Å²) in [5.74, 6) is 0.165. The molecule has 3 aromatic rings. The number of benzene rings is 3. The molecule has 158 valence electrons. The van der Waals surface area contributed by atoms with E-state index in [-0.39, 0.29) is 18.0 Å². The van der Waals surface area contributed by atoms with Crippen molar-refractivity contribution in [3.05, 3.63) is 100 Å². The highest BCUT2D eigenvalue weighted by Gasteiger charge is 2.28. The summed E-state index contributed by atoms with van der Waals surface area (Å²) in [6.45, 7) is 0.757. The molecule has 0 N–H and O–H groups in total. The van der Waals surface area contributed by atoms with Crippen LogP contribution < -0.4 is 4.74 Å². The summed E-state index contributed by atoms with van der Waals surface area (Å²) >= 11 is 5.96. The summed E-state index contributed by atoms with van der Waals surface area (Å²) in [5, 5.41) is 0.600. The van der Waals surface area contributed by atoms with Gasteiger partial charge >= 0.3 is 5.97 Å². The van der Waals surface area contributed by atoms with Crippen LogP contribution in [0.1, 0.15) is 37.9 Å². The molecule has 5 nitrogen and oxygen atoms in total. The molecule has 1 unspecified atom stereocenters. The molecule has 0 spiro atoms. The molecule has 0 saturated carbocycles. The van der Waals surface area contributed by atoms with Crippen LogP contribution in [0.3, 0.4) is 0 Å². The highest BCUT2D eigenvalue weighted by Crippen LogP contribution is 2.31. The lowest BCUT2D eigenvalue weighted by Gasteiger charge is -2.26. The maximum absolute atomic E-state index is 12.9. The van der Waals surface area contributed by atoms with Crippen LogP contribution in [0.15, 0.2) is 72.8 Å². The summed E-state index contributed by atoms with van der Waals surface area (Å²) < 4.78 is 11.3. The molecule has 6 heteroatoms. The van der Waals surface area contributed by atoms with Gasteiger partial charge in [-0.25, -0.2) is 4.79 Å². The molecule has 1 aliphatic heterocycles. The van der Waals surface area contributed by atoms with Crippen molar-refractivity contribution in [3.8, 4) is 5.75 Å². The minimum absolute atomic E-state index is 0.132. The molecule has 0 bridgehead atoms. The number of halogens is 1. The molecule has 31 heavy (non-hydrogen) atoms. The Kier molecular flexibility index (Phi) is 6.23. The summed E-state index contributed by atoms with van der Waals surface area (Å²) in [4.78, 5) is 26.9. The van der Waals surface area contributed by atoms with E-state index in [1.807, 2.05) is 42.5 Å². The van der Waals surface area contributed by atoms with E-state index >= 15 is 0 Å². The van der Waals surface area contributed by atoms with E-state index in [1.54, 1.807) is 42.3 Å². The van der Waals surface area contributed by atoms with Crippen LogP contribution in [-0.2, 0) is 11.2 Å². The lowest BCUT2D eigenvalue weighted by molar-refractivity contribution is 0.0252. The van der Waals surface area contributed by atoms with E-state index in [2.05, 4.69) is 0 Å². The van der Waals surface area contributed by atoms with Gasteiger partial charge in [0.05, 0.1) is 12.1 Å². The van der Waals surface area contributed by atoms with E-state index in [1.165, 1.54) is 0 Å². The van der Waals surface area contributed by atoms with E-state index in [4.69, 9.17) is 21.1 Å². The number of amides is 1. The van der Waals surface area contributed by atoms with Crippen LogP contribution in [0, 0.1) is 0 Å². The predicted octanol–water partition coefficient (Wildman–Crippen LogP) is 4.95. The highest BCUT2D eigenvalue weighted by molar-refractivity contribution is 6.30. The topological polar surface area (TPSA) is 55.8 Å². The Bertz CT molecular complexity index is 1100.